The number of aryl methyl sites for hydroxylation is 1. The molecule has 0 aliphatic heterocycles. The summed E-state index contributed by atoms with van der Waals surface area (Å²) in [5, 5.41) is 0.909. The first-order valence-electron chi connectivity index (χ1n) is 6.92. The number of hydroxylamine groups is 1. The minimum absolute atomic E-state index is 0.187. The first-order chi connectivity index (χ1) is 10.0. The van der Waals surface area contributed by atoms with Crippen molar-refractivity contribution in [3.63, 3.8) is 0 Å². The summed E-state index contributed by atoms with van der Waals surface area (Å²) in [6.07, 6.45) is -1.58. The molecule has 0 spiro atoms. The molecule has 3 nitrogen and oxygen atoms in total. The van der Waals surface area contributed by atoms with Crippen molar-refractivity contribution in [3.8, 4) is 0 Å². The molecule has 0 saturated carbocycles. The zero-order chi connectivity index (χ0) is 15.3. The predicted octanol–water partition coefficient (Wildman–Crippen LogP) is 4.36. The van der Waals surface area contributed by atoms with Crippen molar-refractivity contribution in [1.29, 1.82) is 0 Å². The molecule has 0 atom stereocenters. The van der Waals surface area contributed by atoms with E-state index in [0.717, 1.165) is 41.6 Å². The molecule has 0 amide bonds. The van der Waals surface area contributed by atoms with E-state index >= 15 is 0 Å². The smallest absolute Gasteiger partial charge is 0.413 e. The second kappa shape index (κ2) is 6.95. The molecule has 0 aliphatic carbocycles. The lowest BCUT2D eigenvalue weighted by Gasteiger charge is -2.08. The van der Waals surface area contributed by atoms with Gasteiger partial charge in [0.2, 0.25) is 0 Å². The van der Waals surface area contributed by atoms with Gasteiger partial charge in [-0.15, -0.1) is 0 Å². The van der Waals surface area contributed by atoms with Crippen LogP contribution >= 0.6 is 0 Å². The summed E-state index contributed by atoms with van der Waals surface area (Å²) in [4.78, 5) is 4.46. The van der Waals surface area contributed by atoms with Gasteiger partial charge in [0.05, 0.1) is 6.54 Å². The molecule has 1 aromatic carbocycles. The van der Waals surface area contributed by atoms with Crippen LogP contribution in [0.25, 0.3) is 11.0 Å². The minimum atomic E-state index is -4.34. The molecule has 0 fully saturated rings. The van der Waals surface area contributed by atoms with Gasteiger partial charge in [-0.05, 0) is 12.5 Å². The van der Waals surface area contributed by atoms with Gasteiger partial charge in [0.15, 0.2) is 6.61 Å². The van der Waals surface area contributed by atoms with Crippen LogP contribution < -0.4 is 5.48 Å². The summed E-state index contributed by atoms with van der Waals surface area (Å²) < 4.78 is 41.9. The van der Waals surface area contributed by atoms with Crippen LogP contribution in [0.1, 0.15) is 31.1 Å². The molecular weight excluding hydrogens is 283 g/mol. The van der Waals surface area contributed by atoms with E-state index in [1.54, 1.807) is 0 Å². The van der Waals surface area contributed by atoms with Gasteiger partial charge >= 0.3 is 6.18 Å². The number of para-hydroxylation sites is 1. The number of unbranched alkanes of at least 4 members (excludes halogenated alkanes) is 1. The van der Waals surface area contributed by atoms with Crippen molar-refractivity contribution < 1.29 is 22.4 Å². The molecule has 0 unspecified atom stereocenters. The maximum absolute atomic E-state index is 12.0. The summed E-state index contributed by atoms with van der Waals surface area (Å²) in [6.45, 7) is 0.951. The number of furan rings is 1. The van der Waals surface area contributed by atoms with Crippen molar-refractivity contribution >= 4 is 11.0 Å². The Hall–Kier alpha value is -1.53. The highest BCUT2D eigenvalue weighted by Crippen LogP contribution is 2.27. The topological polar surface area (TPSA) is 34.4 Å². The van der Waals surface area contributed by atoms with Crippen molar-refractivity contribution in [3.05, 3.63) is 35.6 Å². The number of alkyl halides is 3. The van der Waals surface area contributed by atoms with Crippen LogP contribution in [-0.4, -0.2) is 12.8 Å². The van der Waals surface area contributed by atoms with Gasteiger partial charge < -0.3 is 4.42 Å². The van der Waals surface area contributed by atoms with Gasteiger partial charge in [-0.25, -0.2) is 0 Å². The molecule has 1 N–H and O–H groups in total. The van der Waals surface area contributed by atoms with Crippen LogP contribution in [0.15, 0.2) is 28.7 Å². The summed E-state index contributed by atoms with van der Waals surface area (Å²) in [5.41, 5.74) is 3.98. The molecule has 1 heterocycles. The van der Waals surface area contributed by atoms with E-state index in [-0.39, 0.29) is 6.54 Å². The molecule has 116 valence electrons. The second-order valence-corrected chi connectivity index (χ2v) is 4.83. The van der Waals surface area contributed by atoms with Gasteiger partial charge in [-0.1, -0.05) is 31.5 Å². The van der Waals surface area contributed by atoms with E-state index in [1.807, 2.05) is 24.3 Å². The van der Waals surface area contributed by atoms with Crippen molar-refractivity contribution in [2.24, 2.45) is 0 Å². The molecule has 0 bridgehead atoms. The monoisotopic (exact) mass is 301 g/mol. The zero-order valence-electron chi connectivity index (χ0n) is 11.8. The quantitative estimate of drug-likeness (QED) is 0.609. The van der Waals surface area contributed by atoms with Crippen molar-refractivity contribution in [1.82, 2.24) is 5.48 Å². The van der Waals surface area contributed by atoms with E-state index < -0.39 is 12.8 Å². The lowest BCUT2D eigenvalue weighted by molar-refractivity contribution is -0.190. The number of benzene rings is 1. The Bertz CT molecular complexity index is 578. The van der Waals surface area contributed by atoms with E-state index in [0.29, 0.717) is 0 Å². The Balaban J connectivity index is 2.08. The third kappa shape index (κ3) is 4.47. The third-order valence-corrected chi connectivity index (χ3v) is 3.13. The average molecular weight is 301 g/mol. The zero-order valence-corrected chi connectivity index (χ0v) is 11.8. The summed E-state index contributed by atoms with van der Waals surface area (Å²) in [5.74, 6) is 0.807. The highest BCUT2D eigenvalue weighted by Gasteiger charge is 2.27. The van der Waals surface area contributed by atoms with Crippen LogP contribution in [0.5, 0.6) is 0 Å². The van der Waals surface area contributed by atoms with Gasteiger partial charge in [-0.2, -0.15) is 18.7 Å². The van der Waals surface area contributed by atoms with Crippen LogP contribution in [0.2, 0.25) is 0 Å². The molecule has 6 heteroatoms. The Morgan fingerprint density at radius 1 is 1.24 bits per heavy atom. The van der Waals surface area contributed by atoms with E-state index in [1.165, 1.54) is 0 Å². The Morgan fingerprint density at radius 2 is 2.00 bits per heavy atom. The standard InChI is InChI=1S/C15H18F3NO2/c1-2-3-7-14-12(9-19-20-10-15(16,17)18)11-6-4-5-8-13(11)21-14/h4-6,8,19H,2-3,7,9-10H2,1H3. The molecule has 2 rings (SSSR count). The molecule has 0 saturated heterocycles. The fourth-order valence-electron chi connectivity index (χ4n) is 2.14. The molecule has 0 radical (unpaired) electrons. The normalized spacial score (nSPS) is 12.2. The number of hydrogen-bond donors (Lipinski definition) is 1. The molecule has 0 aliphatic rings. The Kier molecular flexibility index (Phi) is 5.25. The number of fused-ring (bicyclic) bond motifs is 1. The number of hydrogen-bond acceptors (Lipinski definition) is 3. The van der Waals surface area contributed by atoms with Crippen molar-refractivity contribution in [2.75, 3.05) is 6.61 Å². The maximum atomic E-state index is 12.0. The van der Waals surface area contributed by atoms with Crippen LogP contribution in [0.3, 0.4) is 0 Å². The van der Waals surface area contributed by atoms with Crippen LogP contribution in [-0.2, 0) is 17.8 Å². The summed E-state index contributed by atoms with van der Waals surface area (Å²) >= 11 is 0. The number of rotatable bonds is 7. The first kappa shape index (κ1) is 15.9. The molecule has 21 heavy (non-hydrogen) atoms. The fourth-order valence-corrected chi connectivity index (χ4v) is 2.14. The van der Waals surface area contributed by atoms with Gasteiger partial charge in [0, 0.05) is 17.4 Å². The van der Waals surface area contributed by atoms with Crippen LogP contribution in [0.4, 0.5) is 13.2 Å². The Morgan fingerprint density at radius 3 is 2.71 bits per heavy atom. The Labute approximate surface area is 121 Å². The third-order valence-electron chi connectivity index (χ3n) is 3.13. The summed E-state index contributed by atoms with van der Waals surface area (Å²) in [6, 6.07) is 7.49. The lowest BCUT2D eigenvalue weighted by atomic mass is 10.1. The predicted molar refractivity (Wildman–Crippen MR) is 73.7 cm³/mol. The van der Waals surface area contributed by atoms with E-state index in [4.69, 9.17) is 4.42 Å². The number of nitrogens with one attached hydrogen (secondary N) is 1. The van der Waals surface area contributed by atoms with Crippen LogP contribution in [0, 0.1) is 0 Å². The largest absolute Gasteiger partial charge is 0.461 e. The van der Waals surface area contributed by atoms with E-state index in [2.05, 4.69) is 17.2 Å². The average Bonchev–Trinajstić information content (AvgIpc) is 2.78. The minimum Gasteiger partial charge on any atom is -0.461 e. The number of halogens is 3. The summed E-state index contributed by atoms with van der Waals surface area (Å²) in [7, 11) is 0. The highest BCUT2D eigenvalue weighted by atomic mass is 19.4. The first-order valence-corrected chi connectivity index (χ1v) is 6.92. The van der Waals surface area contributed by atoms with Crippen molar-refractivity contribution in [2.45, 2.75) is 38.9 Å². The molecular formula is C15H18F3NO2. The lowest BCUT2D eigenvalue weighted by Crippen LogP contribution is -2.24. The van der Waals surface area contributed by atoms with Gasteiger partial charge in [0.1, 0.15) is 11.3 Å². The van der Waals surface area contributed by atoms with Gasteiger partial charge in [0.25, 0.3) is 0 Å². The molecule has 2 aromatic rings. The highest BCUT2D eigenvalue weighted by molar-refractivity contribution is 5.82. The van der Waals surface area contributed by atoms with E-state index in [9.17, 15) is 13.2 Å². The van der Waals surface area contributed by atoms with Gasteiger partial charge in [-0.3, -0.25) is 4.84 Å². The second-order valence-electron chi connectivity index (χ2n) is 4.83. The molecule has 1 aromatic heterocycles. The SMILES string of the molecule is CCCCc1oc2ccccc2c1CNOCC(F)(F)F. The maximum Gasteiger partial charge on any atom is 0.413 e. The fraction of sp³-hybridized carbons (Fsp3) is 0.467.